The first-order chi connectivity index (χ1) is 9.56. The van der Waals surface area contributed by atoms with E-state index in [-0.39, 0.29) is 14.0 Å². The van der Waals surface area contributed by atoms with Gasteiger partial charge in [0.05, 0.1) is 6.10 Å². The van der Waals surface area contributed by atoms with Crippen LogP contribution >= 0.6 is 7.92 Å². The molecule has 0 aromatic carbocycles. The van der Waals surface area contributed by atoms with Crippen LogP contribution in [0.25, 0.3) is 0 Å². The van der Waals surface area contributed by atoms with E-state index < -0.39 is 0 Å². The van der Waals surface area contributed by atoms with Crippen LogP contribution in [-0.4, -0.2) is 29.7 Å². The standard InChI is InChI=1S/C18H33OP/c1-14-6-4-5-11-20(3)15(2)12-16-7-9-17(14)13-18(19)10-8-16/h9,14-16,18-19H,4-8,10-13H2,1-3H3. The largest absolute Gasteiger partial charge is 0.393 e. The molecule has 0 amide bonds. The number of aliphatic hydroxyl groups excluding tert-OH is 1. The Labute approximate surface area is 127 Å². The first kappa shape index (κ1) is 16.5. The number of hydrogen-bond donors (Lipinski definition) is 1. The van der Waals surface area contributed by atoms with Crippen LogP contribution in [0.4, 0.5) is 0 Å². The molecule has 2 rings (SSSR count). The van der Waals surface area contributed by atoms with Gasteiger partial charge >= 0.3 is 0 Å². The van der Waals surface area contributed by atoms with E-state index in [0.29, 0.717) is 5.92 Å². The highest BCUT2D eigenvalue weighted by Gasteiger charge is 2.23. The first-order valence-corrected chi connectivity index (χ1v) is 10.7. The van der Waals surface area contributed by atoms with Crippen molar-refractivity contribution < 1.29 is 5.11 Å². The Morgan fingerprint density at radius 2 is 1.95 bits per heavy atom. The van der Waals surface area contributed by atoms with Gasteiger partial charge in [-0.15, -0.1) is 7.92 Å². The predicted molar refractivity (Wildman–Crippen MR) is 90.9 cm³/mol. The average molecular weight is 296 g/mol. The maximum Gasteiger partial charge on any atom is 0.0577 e. The van der Waals surface area contributed by atoms with Crippen molar-refractivity contribution in [1.29, 1.82) is 0 Å². The van der Waals surface area contributed by atoms with E-state index in [1.54, 1.807) is 5.57 Å². The molecule has 2 bridgehead atoms. The fourth-order valence-corrected chi connectivity index (χ4v) is 5.64. The van der Waals surface area contributed by atoms with Crippen molar-refractivity contribution in [2.75, 3.05) is 12.8 Å². The highest BCUT2D eigenvalue weighted by atomic mass is 31.1. The molecule has 1 heterocycles. The SMILES string of the molecule is CC1CCCCP(C)C(C)CC2CC=C1CC(O)CC2. The van der Waals surface area contributed by atoms with Crippen LogP contribution in [-0.2, 0) is 0 Å². The van der Waals surface area contributed by atoms with E-state index >= 15 is 0 Å². The molecule has 0 saturated heterocycles. The van der Waals surface area contributed by atoms with E-state index in [9.17, 15) is 5.11 Å². The molecule has 5 atom stereocenters. The second kappa shape index (κ2) is 7.95. The molecule has 20 heavy (non-hydrogen) atoms. The smallest absolute Gasteiger partial charge is 0.0577 e. The van der Waals surface area contributed by atoms with Crippen LogP contribution < -0.4 is 0 Å². The number of aliphatic hydroxyl groups is 1. The van der Waals surface area contributed by atoms with Gasteiger partial charge < -0.3 is 5.11 Å². The maximum absolute atomic E-state index is 10.2. The summed E-state index contributed by atoms with van der Waals surface area (Å²) in [6, 6.07) is 0. The summed E-state index contributed by atoms with van der Waals surface area (Å²) in [6.45, 7) is 7.35. The molecule has 1 aliphatic heterocycles. The third-order valence-corrected chi connectivity index (χ3v) is 8.29. The Morgan fingerprint density at radius 1 is 1.15 bits per heavy atom. The van der Waals surface area contributed by atoms with Gasteiger partial charge in [0.25, 0.3) is 0 Å². The number of hydrogen-bond acceptors (Lipinski definition) is 1. The van der Waals surface area contributed by atoms with Crippen LogP contribution in [0.3, 0.4) is 0 Å². The molecule has 0 saturated carbocycles. The lowest BCUT2D eigenvalue weighted by atomic mass is 9.83. The zero-order chi connectivity index (χ0) is 14.5. The summed E-state index contributed by atoms with van der Waals surface area (Å²) in [4.78, 5) is 0. The van der Waals surface area contributed by atoms with E-state index in [0.717, 1.165) is 24.4 Å². The fourth-order valence-electron chi connectivity index (χ4n) is 3.82. The van der Waals surface area contributed by atoms with Gasteiger partial charge in [0.1, 0.15) is 0 Å². The maximum atomic E-state index is 10.2. The topological polar surface area (TPSA) is 20.2 Å². The molecule has 1 N–H and O–H groups in total. The molecule has 0 radical (unpaired) electrons. The molecule has 2 heteroatoms. The van der Waals surface area contributed by atoms with Crippen LogP contribution in [0, 0.1) is 11.8 Å². The summed E-state index contributed by atoms with van der Waals surface area (Å²) in [5.74, 6) is 1.50. The highest BCUT2D eigenvalue weighted by Crippen LogP contribution is 2.43. The number of allylic oxidation sites excluding steroid dienone is 1. The molecule has 1 nitrogen and oxygen atoms in total. The van der Waals surface area contributed by atoms with Gasteiger partial charge in [0, 0.05) is 0 Å². The monoisotopic (exact) mass is 296 g/mol. The van der Waals surface area contributed by atoms with Crippen molar-refractivity contribution in [1.82, 2.24) is 0 Å². The summed E-state index contributed by atoms with van der Waals surface area (Å²) >= 11 is 0. The second-order valence-corrected chi connectivity index (χ2v) is 10.1. The Bertz CT molecular complexity index is 325. The van der Waals surface area contributed by atoms with Gasteiger partial charge in [-0.25, -0.2) is 0 Å². The molecular formula is C18H33OP. The summed E-state index contributed by atoms with van der Waals surface area (Å²) in [5.41, 5.74) is 2.45. The lowest BCUT2D eigenvalue weighted by Gasteiger charge is -2.30. The van der Waals surface area contributed by atoms with Gasteiger partial charge in [-0.1, -0.05) is 31.9 Å². The minimum atomic E-state index is -0.0899. The summed E-state index contributed by atoms with van der Waals surface area (Å²) in [5, 5.41) is 10.2. The third-order valence-electron chi connectivity index (χ3n) is 5.55. The molecule has 5 unspecified atom stereocenters. The fraction of sp³-hybridized carbons (Fsp3) is 0.889. The molecule has 0 fully saturated rings. The third kappa shape index (κ3) is 4.85. The zero-order valence-corrected chi connectivity index (χ0v) is 14.5. The first-order valence-electron chi connectivity index (χ1n) is 8.63. The Hall–Kier alpha value is 0.130. The van der Waals surface area contributed by atoms with Crippen LogP contribution in [0.2, 0.25) is 0 Å². The van der Waals surface area contributed by atoms with Gasteiger partial charge in [0.2, 0.25) is 0 Å². The van der Waals surface area contributed by atoms with E-state index in [2.05, 4.69) is 26.6 Å². The molecule has 116 valence electrons. The van der Waals surface area contributed by atoms with Gasteiger partial charge in [-0.3, -0.25) is 0 Å². The normalized spacial score (nSPS) is 41.0. The van der Waals surface area contributed by atoms with Crippen molar-refractivity contribution in [2.45, 2.75) is 77.0 Å². The van der Waals surface area contributed by atoms with Crippen LogP contribution in [0.15, 0.2) is 11.6 Å². The Morgan fingerprint density at radius 3 is 2.75 bits per heavy atom. The zero-order valence-electron chi connectivity index (χ0n) is 13.6. The minimum Gasteiger partial charge on any atom is -0.393 e. The van der Waals surface area contributed by atoms with Crippen molar-refractivity contribution in [3.05, 3.63) is 11.6 Å². The predicted octanol–water partition coefficient (Wildman–Crippen LogP) is 5.17. The molecule has 0 aromatic heterocycles. The summed E-state index contributed by atoms with van der Waals surface area (Å²) < 4.78 is 0. The van der Waals surface area contributed by atoms with Gasteiger partial charge in [-0.2, -0.15) is 0 Å². The van der Waals surface area contributed by atoms with Crippen molar-refractivity contribution in [3.8, 4) is 0 Å². The molecule has 0 aromatic rings. The Balaban J connectivity index is 2.13. The van der Waals surface area contributed by atoms with E-state index in [4.69, 9.17) is 0 Å². The average Bonchev–Trinajstić information content (AvgIpc) is 2.40. The molecule has 0 spiro atoms. The molecule has 1 aliphatic carbocycles. The van der Waals surface area contributed by atoms with E-state index in [1.807, 2.05) is 0 Å². The lowest BCUT2D eigenvalue weighted by Crippen LogP contribution is -2.19. The van der Waals surface area contributed by atoms with Crippen molar-refractivity contribution >= 4 is 7.92 Å². The van der Waals surface area contributed by atoms with Crippen molar-refractivity contribution in [2.24, 2.45) is 11.8 Å². The quantitative estimate of drug-likeness (QED) is 0.483. The summed E-state index contributed by atoms with van der Waals surface area (Å²) in [7, 11) is 0.215. The molecule has 2 aliphatic rings. The number of rotatable bonds is 0. The van der Waals surface area contributed by atoms with Crippen molar-refractivity contribution in [3.63, 3.8) is 0 Å². The summed E-state index contributed by atoms with van der Waals surface area (Å²) in [6.07, 6.45) is 13.8. The minimum absolute atomic E-state index is 0.0899. The van der Waals surface area contributed by atoms with Crippen LogP contribution in [0.5, 0.6) is 0 Å². The second-order valence-electron chi connectivity index (χ2n) is 7.28. The molecular weight excluding hydrogens is 263 g/mol. The van der Waals surface area contributed by atoms with Crippen LogP contribution in [0.1, 0.15) is 65.2 Å². The lowest BCUT2D eigenvalue weighted by molar-refractivity contribution is 0.147. The number of fused-ring (bicyclic) bond motifs is 2. The van der Waals surface area contributed by atoms with E-state index in [1.165, 1.54) is 44.7 Å². The highest BCUT2D eigenvalue weighted by molar-refractivity contribution is 7.57. The van der Waals surface area contributed by atoms with Gasteiger partial charge in [0.15, 0.2) is 0 Å². The van der Waals surface area contributed by atoms with Gasteiger partial charge in [-0.05, 0) is 75.3 Å². The Kier molecular flexibility index (Phi) is 6.56.